The Morgan fingerprint density at radius 3 is 2.74 bits per heavy atom. The molecule has 0 fully saturated rings. The van der Waals surface area contributed by atoms with Gasteiger partial charge in [-0.15, -0.1) is 0 Å². The molecule has 0 aromatic carbocycles. The first-order valence-electron chi connectivity index (χ1n) is 6.47. The summed E-state index contributed by atoms with van der Waals surface area (Å²) in [5, 5.41) is 11.7. The van der Waals surface area contributed by atoms with E-state index in [1.54, 1.807) is 6.20 Å². The summed E-state index contributed by atoms with van der Waals surface area (Å²) in [4.78, 5) is 7.83. The van der Waals surface area contributed by atoms with Gasteiger partial charge in [0, 0.05) is 17.7 Å². The standard InChI is InChI=1S/C13H18N6/c1-5-19-12-9(7-14-19)15-11(16-12)8-6-10(18-17-8)13(2,3)4/h6-7H,5H2,1-4H3,(H,15,16)(H,17,18). The van der Waals surface area contributed by atoms with E-state index in [-0.39, 0.29) is 5.41 Å². The predicted octanol–water partition coefficient (Wildman–Crippen LogP) is 2.47. The molecular formula is C13H18N6. The molecule has 0 saturated carbocycles. The average Bonchev–Trinajstić information content (AvgIpc) is 3.02. The number of aromatic amines is 2. The van der Waals surface area contributed by atoms with E-state index in [1.807, 2.05) is 17.7 Å². The normalized spacial score (nSPS) is 12.4. The monoisotopic (exact) mass is 258 g/mol. The van der Waals surface area contributed by atoms with Gasteiger partial charge in [-0.25, -0.2) is 9.67 Å². The molecule has 0 unspecified atom stereocenters. The Morgan fingerprint density at radius 1 is 1.32 bits per heavy atom. The molecule has 0 aliphatic carbocycles. The summed E-state index contributed by atoms with van der Waals surface area (Å²) in [5.74, 6) is 0.779. The third-order valence-corrected chi connectivity index (χ3v) is 3.21. The summed E-state index contributed by atoms with van der Waals surface area (Å²) in [6.45, 7) is 9.31. The van der Waals surface area contributed by atoms with Crippen molar-refractivity contribution >= 4 is 11.2 Å². The van der Waals surface area contributed by atoms with E-state index in [9.17, 15) is 0 Å². The summed E-state index contributed by atoms with van der Waals surface area (Å²) >= 11 is 0. The number of rotatable bonds is 2. The summed E-state index contributed by atoms with van der Waals surface area (Å²) < 4.78 is 1.87. The van der Waals surface area contributed by atoms with Gasteiger partial charge in [-0.1, -0.05) is 20.8 Å². The molecule has 0 atom stereocenters. The zero-order valence-electron chi connectivity index (χ0n) is 11.7. The van der Waals surface area contributed by atoms with Gasteiger partial charge in [0.25, 0.3) is 0 Å². The fourth-order valence-corrected chi connectivity index (χ4v) is 2.03. The first-order valence-corrected chi connectivity index (χ1v) is 6.47. The minimum absolute atomic E-state index is 0.0531. The molecule has 0 saturated heterocycles. The molecular weight excluding hydrogens is 240 g/mol. The van der Waals surface area contributed by atoms with E-state index in [0.29, 0.717) is 0 Å². The number of aryl methyl sites for hydroxylation is 1. The largest absolute Gasteiger partial charge is 0.334 e. The van der Waals surface area contributed by atoms with Crippen molar-refractivity contribution < 1.29 is 0 Å². The SMILES string of the molecule is CCn1ncc2[nH]c(-c3cc(C(C)(C)C)[nH]n3)nc21. The molecule has 6 heteroatoms. The van der Waals surface area contributed by atoms with Gasteiger partial charge in [0.1, 0.15) is 11.2 Å². The smallest absolute Gasteiger partial charge is 0.176 e. The Labute approximate surface area is 111 Å². The molecule has 0 amide bonds. The summed E-state index contributed by atoms with van der Waals surface area (Å²) in [5.41, 5.74) is 3.80. The molecule has 0 aliphatic heterocycles. The van der Waals surface area contributed by atoms with Crippen molar-refractivity contribution in [1.82, 2.24) is 29.9 Å². The highest BCUT2D eigenvalue weighted by Crippen LogP contribution is 2.25. The fourth-order valence-electron chi connectivity index (χ4n) is 2.03. The zero-order valence-corrected chi connectivity index (χ0v) is 11.7. The van der Waals surface area contributed by atoms with Gasteiger partial charge in [0.15, 0.2) is 11.5 Å². The molecule has 3 aromatic rings. The summed E-state index contributed by atoms with van der Waals surface area (Å²) in [7, 11) is 0. The number of nitrogens with zero attached hydrogens (tertiary/aromatic N) is 4. The van der Waals surface area contributed by atoms with Crippen LogP contribution in [-0.4, -0.2) is 29.9 Å². The number of imidazole rings is 1. The average molecular weight is 258 g/mol. The molecule has 3 aromatic heterocycles. The van der Waals surface area contributed by atoms with Crippen molar-refractivity contribution in [1.29, 1.82) is 0 Å². The molecule has 6 nitrogen and oxygen atoms in total. The van der Waals surface area contributed by atoms with E-state index in [1.165, 1.54) is 0 Å². The van der Waals surface area contributed by atoms with Crippen molar-refractivity contribution in [2.24, 2.45) is 0 Å². The topological polar surface area (TPSA) is 75.2 Å². The van der Waals surface area contributed by atoms with Crippen molar-refractivity contribution in [3.8, 4) is 11.5 Å². The maximum Gasteiger partial charge on any atom is 0.176 e. The Balaban J connectivity index is 2.04. The van der Waals surface area contributed by atoms with Crippen LogP contribution in [0.5, 0.6) is 0 Å². The van der Waals surface area contributed by atoms with Gasteiger partial charge in [-0.3, -0.25) is 5.10 Å². The molecule has 0 spiro atoms. The third-order valence-electron chi connectivity index (χ3n) is 3.21. The van der Waals surface area contributed by atoms with Crippen molar-refractivity contribution in [2.75, 3.05) is 0 Å². The second kappa shape index (κ2) is 3.94. The summed E-state index contributed by atoms with van der Waals surface area (Å²) in [6, 6.07) is 2.04. The van der Waals surface area contributed by atoms with Gasteiger partial charge < -0.3 is 4.98 Å². The molecule has 2 N–H and O–H groups in total. The van der Waals surface area contributed by atoms with Crippen LogP contribution in [0.15, 0.2) is 12.3 Å². The third kappa shape index (κ3) is 1.93. The van der Waals surface area contributed by atoms with Gasteiger partial charge in [-0.05, 0) is 13.0 Å². The minimum atomic E-state index is 0.0531. The Hall–Kier alpha value is -2.11. The second-order valence-electron chi connectivity index (χ2n) is 5.70. The van der Waals surface area contributed by atoms with E-state index in [0.717, 1.165) is 34.9 Å². The van der Waals surface area contributed by atoms with Gasteiger partial charge in [0.2, 0.25) is 0 Å². The van der Waals surface area contributed by atoms with Crippen molar-refractivity contribution in [3.05, 3.63) is 18.0 Å². The quantitative estimate of drug-likeness (QED) is 0.741. The maximum absolute atomic E-state index is 4.57. The van der Waals surface area contributed by atoms with Gasteiger partial charge in [-0.2, -0.15) is 10.2 Å². The summed E-state index contributed by atoms with van der Waals surface area (Å²) in [6.07, 6.45) is 1.80. The zero-order chi connectivity index (χ0) is 13.6. The van der Waals surface area contributed by atoms with Crippen molar-refractivity contribution in [2.45, 2.75) is 39.7 Å². The highest BCUT2D eigenvalue weighted by molar-refractivity contribution is 5.75. The number of fused-ring (bicyclic) bond motifs is 1. The lowest BCUT2D eigenvalue weighted by Crippen LogP contribution is -2.11. The fraction of sp³-hybridized carbons (Fsp3) is 0.462. The van der Waals surface area contributed by atoms with Crippen LogP contribution in [0.2, 0.25) is 0 Å². The Morgan fingerprint density at radius 2 is 2.11 bits per heavy atom. The van der Waals surface area contributed by atoms with Crippen LogP contribution in [0.3, 0.4) is 0 Å². The van der Waals surface area contributed by atoms with E-state index < -0.39 is 0 Å². The van der Waals surface area contributed by atoms with Crippen LogP contribution in [0.4, 0.5) is 0 Å². The number of H-pyrrole nitrogens is 2. The second-order valence-corrected chi connectivity index (χ2v) is 5.70. The number of hydrogen-bond donors (Lipinski definition) is 2. The van der Waals surface area contributed by atoms with Crippen LogP contribution < -0.4 is 0 Å². The lowest BCUT2D eigenvalue weighted by Gasteiger charge is -2.14. The van der Waals surface area contributed by atoms with E-state index >= 15 is 0 Å². The molecule has 0 aliphatic rings. The van der Waals surface area contributed by atoms with E-state index in [2.05, 4.69) is 46.0 Å². The first kappa shape index (κ1) is 12.0. The molecule has 19 heavy (non-hydrogen) atoms. The Bertz CT molecular complexity index is 709. The number of nitrogens with one attached hydrogen (secondary N) is 2. The van der Waals surface area contributed by atoms with E-state index in [4.69, 9.17) is 0 Å². The van der Waals surface area contributed by atoms with Crippen LogP contribution in [-0.2, 0) is 12.0 Å². The maximum atomic E-state index is 4.57. The van der Waals surface area contributed by atoms with Crippen molar-refractivity contribution in [3.63, 3.8) is 0 Å². The minimum Gasteiger partial charge on any atom is -0.334 e. The number of hydrogen-bond acceptors (Lipinski definition) is 3. The molecule has 0 bridgehead atoms. The van der Waals surface area contributed by atoms with Crippen LogP contribution in [0, 0.1) is 0 Å². The molecule has 3 heterocycles. The van der Waals surface area contributed by atoms with Crippen LogP contribution in [0.1, 0.15) is 33.4 Å². The van der Waals surface area contributed by atoms with Crippen LogP contribution in [0.25, 0.3) is 22.7 Å². The molecule has 0 radical (unpaired) electrons. The van der Waals surface area contributed by atoms with Gasteiger partial charge in [0.05, 0.1) is 6.20 Å². The van der Waals surface area contributed by atoms with Crippen LogP contribution >= 0.6 is 0 Å². The number of aromatic nitrogens is 6. The Kier molecular flexibility index (Phi) is 2.48. The molecule has 100 valence electrons. The lowest BCUT2D eigenvalue weighted by molar-refractivity contribution is 0.567. The first-order chi connectivity index (χ1) is 8.99. The molecule has 3 rings (SSSR count). The highest BCUT2D eigenvalue weighted by Gasteiger charge is 2.19. The highest BCUT2D eigenvalue weighted by atomic mass is 15.3. The van der Waals surface area contributed by atoms with Gasteiger partial charge >= 0.3 is 0 Å². The lowest BCUT2D eigenvalue weighted by atomic mass is 9.92. The predicted molar refractivity (Wildman–Crippen MR) is 73.8 cm³/mol.